The van der Waals surface area contributed by atoms with Gasteiger partial charge in [0.2, 0.25) is 0 Å². The van der Waals surface area contributed by atoms with Crippen molar-refractivity contribution in [2.75, 3.05) is 5.43 Å². The number of benzene rings is 1. The summed E-state index contributed by atoms with van der Waals surface area (Å²) in [4.78, 5) is 8.01. The fourth-order valence-electron chi connectivity index (χ4n) is 2.05. The van der Waals surface area contributed by atoms with E-state index in [2.05, 4.69) is 20.5 Å². The predicted molar refractivity (Wildman–Crippen MR) is 82.2 cm³/mol. The number of halogens is 3. The van der Waals surface area contributed by atoms with Crippen molar-refractivity contribution in [3.05, 3.63) is 66.1 Å². The van der Waals surface area contributed by atoms with Crippen LogP contribution in [-0.2, 0) is 6.18 Å². The lowest BCUT2D eigenvalue weighted by atomic mass is 10.1. The molecular weight excluding hydrogens is 305 g/mol. The maximum atomic E-state index is 12.8. The highest BCUT2D eigenvalue weighted by molar-refractivity contribution is 5.92. The van der Waals surface area contributed by atoms with Gasteiger partial charge < -0.3 is 0 Å². The molecule has 0 spiro atoms. The molecule has 0 fully saturated rings. The Morgan fingerprint density at radius 1 is 1.09 bits per heavy atom. The fourth-order valence-corrected chi connectivity index (χ4v) is 2.05. The third-order valence-corrected chi connectivity index (χ3v) is 3.15. The molecule has 0 saturated carbocycles. The van der Waals surface area contributed by atoms with Crippen LogP contribution in [-0.4, -0.2) is 16.2 Å². The first-order valence-corrected chi connectivity index (χ1v) is 6.69. The third-order valence-electron chi connectivity index (χ3n) is 3.15. The molecule has 3 rings (SSSR count). The van der Waals surface area contributed by atoms with Crippen molar-refractivity contribution in [1.29, 1.82) is 0 Å². The van der Waals surface area contributed by atoms with Crippen LogP contribution in [0.3, 0.4) is 0 Å². The molecule has 2 aromatic heterocycles. The van der Waals surface area contributed by atoms with Crippen molar-refractivity contribution >= 4 is 22.8 Å². The highest BCUT2D eigenvalue weighted by Gasteiger charge is 2.30. The number of fused-ring (bicyclic) bond motifs is 1. The van der Waals surface area contributed by atoms with Gasteiger partial charge in [0, 0.05) is 29.5 Å². The summed E-state index contributed by atoms with van der Waals surface area (Å²) in [6.07, 6.45) is 1.90. The Morgan fingerprint density at radius 3 is 2.70 bits per heavy atom. The van der Waals surface area contributed by atoms with E-state index in [-0.39, 0.29) is 0 Å². The summed E-state index contributed by atoms with van der Waals surface area (Å²) < 4.78 is 38.5. The molecule has 7 heteroatoms. The second-order valence-electron chi connectivity index (χ2n) is 4.74. The van der Waals surface area contributed by atoms with Gasteiger partial charge in [-0.25, -0.2) is 0 Å². The van der Waals surface area contributed by atoms with E-state index in [0.717, 1.165) is 17.7 Å². The minimum absolute atomic E-state index is 0.352. The molecule has 0 aliphatic carbocycles. The number of rotatable bonds is 3. The molecule has 0 aliphatic rings. The van der Waals surface area contributed by atoms with Gasteiger partial charge in [-0.2, -0.15) is 18.3 Å². The van der Waals surface area contributed by atoms with Gasteiger partial charge in [0.05, 0.1) is 23.0 Å². The summed E-state index contributed by atoms with van der Waals surface area (Å²) in [6, 6.07) is 8.56. The highest BCUT2D eigenvalue weighted by Crippen LogP contribution is 2.33. The maximum absolute atomic E-state index is 12.8. The number of hydrogen-bond acceptors (Lipinski definition) is 4. The topological polar surface area (TPSA) is 50.2 Å². The Kier molecular flexibility index (Phi) is 3.92. The molecule has 0 unspecified atom stereocenters. The fraction of sp³-hybridized carbons (Fsp3) is 0.0625. The lowest BCUT2D eigenvalue weighted by Crippen LogP contribution is -2.04. The van der Waals surface area contributed by atoms with Crippen LogP contribution in [0, 0.1) is 0 Å². The number of nitrogens with zero attached hydrogens (tertiary/aromatic N) is 3. The average Bonchev–Trinajstić information content (AvgIpc) is 2.55. The monoisotopic (exact) mass is 316 g/mol. The SMILES string of the molecule is FC(F)(F)c1ccc2nccc(N/N=C/c3cccnc3)c2c1. The van der Waals surface area contributed by atoms with Gasteiger partial charge in [0.1, 0.15) is 0 Å². The van der Waals surface area contributed by atoms with Crippen LogP contribution < -0.4 is 5.43 Å². The van der Waals surface area contributed by atoms with Gasteiger partial charge in [-0.05, 0) is 30.3 Å². The lowest BCUT2D eigenvalue weighted by molar-refractivity contribution is -0.137. The van der Waals surface area contributed by atoms with Crippen molar-refractivity contribution in [3.8, 4) is 0 Å². The summed E-state index contributed by atoms with van der Waals surface area (Å²) in [5.74, 6) is 0. The number of alkyl halides is 3. The number of nitrogens with one attached hydrogen (secondary N) is 1. The molecule has 0 bridgehead atoms. The van der Waals surface area contributed by atoms with Gasteiger partial charge in [-0.1, -0.05) is 6.07 Å². The van der Waals surface area contributed by atoms with Crippen molar-refractivity contribution < 1.29 is 13.2 Å². The minimum Gasteiger partial charge on any atom is -0.278 e. The number of hydrogen-bond donors (Lipinski definition) is 1. The molecule has 116 valence electrons. The normalized spacial score (nSPS) is 12.0. The first-order valence-electron chi connectivity index (χ1n) is 6.69. The van der Waals surface area contributed by atoms with Crippen LogP contribution in [0.4, 0.5) is 18.9 Å². The van der Waals surface area contributed by atoms with Gasteiger partial charge >= 0.3 is 6.18 Å². The second kappa shape index (κ2) is 6.04. The van der Waals surface area contributed by atoms with E-state index in [1.165, 1.54) is 18.5 Å². The standard InChI is InChI=1S/C16H11F3N4/c17-16(18,19)12-3-4-14-13(8-12)15(5-7-21-14)23-22-10-11-2-1-6-20-9-11/h1-10H,(H,21,23)/b22-10+. The molecule has 1 aromatic carbocycles. The van der Waals surface area contributed by atoms with E-state index >= 15 is 0 Å². The number of pyridine rings is 2. The Balaban J connectivity index is 1.92. The van der Waals surface area contributed by atoms with E-state index in [4.69, 9.17) is 0 Å². The third kappa shape index (κ3) is 3.45. The van der Waals surface area contributed by atoms with Crippen molar-refractivity contribution in [3.63, 3.8) is 0 Å². The van der Waals surface area contributed by atoms with Crippen molar-refractivity contribution in [2.45, 2.75) is 6.18 Å². The Hall–Kier alpha value is -2.96. The summed E-state index contributed by atoms with van der Waals surface area (Å²) in [6.45, 7) is 0. The van der Waals surface area contributed by atoms with Crippen molar-refractivity contribution in [2.24, 2.45) is 5.10 Å². The maximum Gasteiger partial charge on any atom is 0.416 e. The van der Waals surface area contributed by atoms with Crippen LogP contribution in [0.5, 0.6) is 0 Å². The molecular formula is C16H11F3N4. The van der Waals surface area contributed by atoms with E-state index in [0.29, 0.717) is 16.6 Å². The van der Waals surface area contributed by atoms with Crippen LogP contribution in [0.1, 0.15) is 11.1 Å². The predicted octanol–water partition coefficient (Wildman–Crippen LogP) is 4.09. The molecule has 0 radical (unpaired) electrons. The van der Waals surface area contributed by atoms with Crippen LogP contribution in [0.15, 0.2) is 60.1 Å². The Morgan fingerprint density at radius 2 is 1.96 bits per heavy atom. The molecule has 23 heavy (non-hydrogen) atoms. The van der Waals surface area contributed by atoms with Gasteiger partial charge in [-0.3, -0.25) is 15.4 Å². The Bertz CT molecular complexity index is 845. The van der Waals surface area contributed by atoms with Crippen LogP contribution in [0.25, 0.3) is 10.9 Å². The molecule has 2 heterocycles. The quantitative estimate of drug-likeness (QED) is 0.585. The summed E-state index contributed by atoms with van der Waals surface area (Å²) >= 11 is 0. The molecule has 0 aliphatic heterocycles. The molecule has 4 nitrogen and oxygen atoms in total. The highest BCUT2D eigenvalue weighted by atomic mass is 19.4. The smallest absolute Gasteiger partial charge is 0.278 e. The first-order chi connectivity index (χ1) is 11.0. The zero-order valence-electron chi connectivity index (χ0n) is 11.7. The van der Waals surface area contributed by atoms with Gasteiger partial charge in [0.25, 0.3) is 0 Å². The molecule has 3 aromatic rings. The Labute approximate surface area is 129 Å². The van der Waals surface area contributed by atoms with Crippen molar-refractivity contribution in [1.82, 2.24) is 9.97 Å². The second-order valence-corrected chi connectivity index (χ2v) is 4.74. The number of hydrazone groups is 1. The zero-order valence-corrected chi connectivity index (χ0v) is 11.7. The van der Waals surface area contributed by atoms with E-state index in [1.54, 1.807) is 24.5 Å². The van der Waals surface area contributed by atoms with E-state index < -0.39 is 11.7 Å². The van der Waals surface area contributed by atoms with E-state index in [1.807, 2.05) is 6.07 Å². The minimum atomic E-state index is -4.40. The largest absolute Gasteiger partial charge is 0.416 e. The number of aromatic nitrogens is 2. The summed E-state index contributed by atoms with van der Waals surface area (Å²) in [5, 5.41) is 4.38. The van der Waals surface area contributed by atoms with Crippen LogP contribution in [0.2, 0.25) is 0 Å². The van der Waals surface area contributed by atoms with Gasteiger partial charge in [-0.15, -0.1) is 0 Å². The zero-order chi connectivity index (χ0) is 16.3. The summed E-state index contributed by atoms with van der Waals surface area (Å²) in [5.41, 5.74) is 3.70. The first kappa shape index (κ1) is 15.0. The lowest BCUT2D eigenvalue weighted by Gasteiger charge is -2.09. The average molecular weight is 316 g/mol. The molecule has 0 amide bonds. The van der Waals surface area contributed by atoms with Gasteiger partial charge in [0.15, 0.2) is 0 Å². The molecule has 0 atom stereocenters. The van der Waals surface area contributed by atoms with E-state index in [9.17, 15) is 13.2 Å². The molecule has 1 N–H and O–H groups in total. The van der Waals surface area contributed by atoms with Crippen LogP contribution >= 0.6 is 0 Å². The molecule has 0 saturated heterocycles. The summed E-state index contributed by atoms with van der Waals surface area (Å²) in [7, 11) is 0. The number of anilines is 1.